The summed E-state index contributed by atoms with van der Waals surface area (Å²) in [5.41, 5.74) is 2.67. The molecule has 0 radical (unpaired) electrons. The van der Waals surface area contributed by atoms with E-state index in [4.69, 9.17) is 10.2 Å². The molecule has 0 fully saturated rings. The van der Waals surface area contributed by atoms with Gasteiger partial charge in [-0.05, 0) is 46.0 Å². The van der Waals surface area contributed by atoms with Crippen molar-refractivity contribution in [2.24, 2.45) is 0 Å². The number of aliphatic hydroxyl groups excluding tert-OH is 2. The van der Waals surface area contributed by atoms with E-state index in [2.05, 4.69) is 19.1 Å². The molecule has 0 aliphatic heterocycles. The second kappa shape index (κ2) is 9.94. The first kappa shape index (κ1) is 14.4. The largest absolute Gasteiger partial charge is 0.396 e. The predicted octanol–water partition coefficient (Wildman–Crippen LogP) is 2.81. The molecule has 0 unspecified atom stereocenters. The summed E-state index contributed by atoms with van der Waals surface area (Å²) in [6.45, 7) is 4.65. The molecule has 0 heterocycles. The van der Waals surface area contributed by atoms with Crippen molar-refractivity contribution >= 4 is 0 Å². The van der Waals surface area contributed by atoms with Crippen LogP contribution in [-0.2, 0) is 0 Å². The SMILES string of the molecule is C/C=C(/CCO)CC/C=C(/C)CCCO. The Balaban J connectivity index is 3.74. The highest BCUT2D eigenvalue weighted by Crippen LogP contribution is 2.12. The first-order valence-electron chi connectivity index (χ1n) is 5.76. The van der Waals surface area contributed by atoms with Crippen LogP contribution in [0.1, 0.15) is 46.0 Å². The molecule has 0 aliphatic rings. The van der Waals surface area contributed by atoms with Gasteiger partial charge >= 0.3 is 0 Å². The van der Waals surface area contributed by atoms with Gasteiger partial charge in [-0.2, -0.15) is 0 Å². The highest BCUT2D eigenvalue weighted by molar-refractivity contribution is 5.04. The van der Waals surface area contributed by atoms with Gasteiger partial charge in [-0.25, -0.2) is 0 Å². The van der Waals surface area contributed by atoms with Crippen molar-refractivity contribution in [1.82, 2.24) is 0 Å². The molecular formula is C13H24O2. The minimum atomic E-state index is 0.243. The average Bonchev–Trinajstić information content (AvgIpc) is 2.25. The molecule has 0 aromatic rings. The van der Waals surface area contributed by atoms with Gasteiger partial charge in [-0.3, -0.25) is 0 Å². The molecule has 2 nitrogen and oxygen atoms in total. The van der Waals surface area contributed by atoms with Gasteiger partial charge in [0.1, 0.15) is 0 Å². The zero-order chi connectivity index (χ0) is 11.5. The Labute approximate surface area is 93.3 Å². The van der Waals surface area contributed by atoms with Crippen molar-refractivity contribution in [3.63, 3.8) is 0 Å². The standard InChI is InChI=1S/C13H24O2/c1-3-13(9-11-15)8-4-6-12(2)7-5-10-14/h3,6,14-15H,4-5,7-11H2,1-2H3/b12-6-,13-3+. The maximum Gasteiger partial charge on any atom is 0.0468 e. The fourth-order valence-corrected chi connectivity index (χ4v) is 1.52. The molecule has 0 saturated carbocycles. The number of rotatable bonds is 8. The van der Waals surface area contributed by atoms with Gasteiger partial charge in [0.05, 0.1) is 0 Å². The fraction of sp³-hybridized carbons (Fsp3) is 0.692. The van der Waals surface area contributed by atoms with Crippen molar-refractivity contribution in [2.75, 3.05) is 13.2 Å². The van der Waals surface area contributed by atoms with E-state index in [1.807, 2.05) is 6.92 Å². The zero-order valence-electron chi connectivity index (χ0n) is 10.00. The summed E-state index contributed by atoms with van der Waals surface area (Å²) in [6, 6.07) is 0. The maximum absolute atomic E-state index is 8.81. The summed E-state index contributed by atoms with van der Waals surface area (Å²) in [5, 5.41) is 17.5. The van der Waals surface area contributed by atoms with E-state index in [1.165, 1.54) is 11.1 Å². The fourth-order valence-electron chi connectivity index (χ4n) is 1.52. The topological polar surface area (TPSA) is 40.5 Å². The molecule has 88 valence electrons. The minimum Gasteiger partial charge on any atom is -0.396 e. The molecule has 2 N–H and O–H groups in total. The van der Waals surface area contributed by atoms with Crippen LogP contribution in [-0.4, -0.2) is 23.4 Å². The summed E-state index contributed by atoms with van der Waals surface area (Å²) in [5.74, 6) is 0. The van der Waals surface area contributed by atoms with E-state index in [1.54, 1.807) is 0 Å². The molecule has 0 spiro atoms. The van der Waals surface area contributed by atoms with Crippen LogP contribution in [0.25, 0.3) is 0 Å². The summed E-state index contributed by atoms with van der Waals surface area (Å²) in [6.07, 6.45) is 9.03. The summed E-state index contributed by atoms with van der Waals surface area (Å²) in [4.78, 5) is 0. The third kappa shape index (κ3) is 8.40. The minimum absolute atomic E-state index is 0.243. The van der Waals surface area contributed by atoms with Crippen molar-refractivity contribution in [3.8, 4) is 0 Å². The molecule has 0 rings (SSSR count). The lowest BCUT2D eigenvalue weighted by molar-refractivity contribution is 0.288. The molecule has 0 aromatic heterocycles. The first-order chi connectivity index (χ1) is 7.24. The third-order valence-electron chi connectivity index (χ3n) is 2.53. The molecule has 0 aromatic carbocycles. The second-order valence-corrected chi connectivity index (χ2v) is 3.84. The highest BCUT2D eigenvalue weighted by Gasteiger charge is 1.95. The van der Waals surface area contributed by atoms with E-state index in [9.17, 15) is 0 Å². The van der Waals surface area contributed by atoms with E-state index in [-0.39, 0.29) is 13.2 Å². The van der Waals surface area contributed by atoms with Crippen LogP contribution in [0.2, 0.25) is 0 Å². The molecule has 0 aliphatic carbocycles. The normalized spacial score (nSPS) is 13.3. The van der Waals surface area contributed by atoms with Crippen molar-refractivity contribution < 1.29 is 10.2 Å². The summed E-state index contributed by atoms with van der Waals surface area (Å²) in [7, 11) is 0. The Morgan fingerprint density at radius 3 is 2.33 bits per heavy atom. The average molecular weight is 212 g/mol. The Morgan fingerprint density at radius 2 is 1.80 bits per heavy atom. The van der Waals surface area contributed by atoms with E-state index in [0.29, 0.717) is 0 Å². The molecule has 0 atom stereocenters. The molecule has 0 amide bonds. The Morgan fingerprint density at radius 1 is 1.07 bits per heavy atom. The smallest absolute Gasteiger partial charge is 0.0468 e. The summed E-state index contributed by atoms with van der Waals surface area (Å²) < 4.78 is 0. The first-order valence-corrected chi connectivity index (χ1v) is 5.76. The predicted molar refractivity (Wildman–Crippen MR) is 64.8 cm³/mol. The van der Waals surface area contributed by atoms with Crippen LogP contribution < -0.4 is 0 Å². The maximum atomic E-state index is 8.81. The van der Waals surface area contributed by atoms with Gasteiger partial charge in [0.25, 0.3) is 0 Å². The Hall–Kier alpha value is -0.600. The van der Waals surface area contributed by atoms with Gasteiger partial charge < -0.3 is 10.2 Å². The third-order valence-corrected chi connectivity index (χ3v) is 2.53. The van der Waals surface area contributed by atoms with E-state index >= 15 is 0 Å². The Kier molecular flexibility index (Phi) is 9.54. The number of allylic oxidation sites excluding steroid dienone is 3. The lowest BCUT2D eigenvalue weighted by atomic mass is 10.0. The lowest BCUT2D eigenvalue weighted by Crippen LogP contribution is -1.89. The monoisotopic (exact) mass is 212 g/mol. The van der Waals surface area contributed by atoms with Crippen LogP contribution in [0.15, 0.2) is 23.3 Å². The molecule has 0 saturated heterocycles. The van der Waals surface area contributed by atoms with Crippen LogP contribution in [0.3, 0.4) is 0 Å². The second-order valence-electron chi connectivity index (χ2n) is 3.84. The molecule has 15 heavy (non-hydrogen) atoms. The number of aliphatic hydroxyl groups is 2. The zero-order valence-corrected chi connectivity index (χ0v) is 10.00. The van der Waals surface area contributed by atoms with Crippen LogP contribution in [0.5, 0.6) is 0 Å². The van der Waals surface area contributed by atoms with Crippen LogP contribution >= 0.6 is 0 Å². The highest BCUT2D eigenvalue weighted by atomic mass is 16.3. The van der Waals surface area contributed by atoms with E-state index in [0.717, 1.165) is 32.1 Å². The van der Waals surface area contributed by atoms with Crippen LogP contribution in [0.4, 0.5) is 0 Å². The Bertz CT molecular complexity index is 205. The van der Waals surface area contributed by atoms with Crippen molar-refractivity contribution in [1.29, 1.82) is 0 Å². The summed E-state index contributed by atoms with van der Waals surface area (Å²) >= 11 is 0. The molecular weight excluding hydrogens is 188 g/mol. The number of hydrogen-bond donors (Lipinski definition) is 2. The van der Waals surface area contributed by atoms with Gasteiger partial charge in [-0.15, -0.1) is 0 Å². The number of hydrogen-bond acceptors (Lipinski definition) is 2. The van der Waals surface area contributed by atoms with Gasteiger partial charge in [0.15, 0.2) is 0 Å². The van der Waals surface area contributed by atoms with E-state index < -0.39 is 0 Å². The quantitative estimate of drug-likeness (QED) is 0.607. The molecule has 2 heteroatoms. The van der Waals surface area contributed by atoms with Crippen molar-refractivity contribution in [3.05, 3.63) is 23.3 Å². The van der Waals surface area contributed by atoms with Gasteiger partial charge in [0.2, 0.25) is 0 Å². The van der Waals surface area contributed by atoms with Crippen molar-refractivity contribution in [2.45, 2.75) is 46.0 Å². The van der Waals surface area contributed by atoms with Gasteiger partial charge in [0, 0.05) is 13.2 Å². The van der Waals surface area contributed by atoms with Gasteiger partial charge in [-0.1, -0.05) is 23.3 Å². The lowest BCUT2D eigenvalue weighted by Gasteiger charge is -2.03. The van der Waals surface area contributed by atoms with Crippen LogP contribution in [0, 0.1) is 0 Å². The molecule has 0 bridgehead atoms.